The topological polar surface area (TPSA) is 585 Å². The molecule has 12 atom stereocenters. The molecule has 22 N–H and O–H groups in total. The molecular formula is C63H93N15O20S. The monoisotopic (exact) mass is 1410 g/mol. The Hall–Kier alpha value is -10.1. The number of benzene rings is 2. The highest BCUT2D eigenvalue weighted by molar-refractivity contribution is 7.98. The van der Waals surface area contributed by atoms with Gasteiger partial charge in [-0.25, -0.2) is 4.79 Å². The molecule has 0 bridgehead atoms. The third-order valence-corrected chi connectivity index (χ3v) is 16.4. The van der Waals surface area contributed by atoms with E-state index in [9.17, 15) is 97.5 Å². The van der Waals surface area contributed by atoms with Gasteiger partial charge in [-0.3, -0.25) is 72.1 Å². The molecule has 546 valence electrons. The number of hydrogen-bond donors (Lipinski definition) is 18. The van der Waals surface area contributed by atoms with Crippen LogP contribution in [0.5, 0.6) is 5.75 Å². The minimum Gasteiger partial charge on any atom is -0.508 e. The molecule has 35 nitrogen and oxygen atoms in total. The summed E-state index contributed by atoms with van der Waals surface area (Å²) in [5.41, 5.74) is 23.3. The molecule has 1 aliphatic heterocycles. The first-order valence-corrected chi connectivity index (χ1v) is 33.4. The molecule has 1 fully saturated rings. The van der Waals surface area contributed by atoms with Crippen molar-refractivity contribution >= 4 is 107 Å². The van der Waals surface area contributed by atoms with E-state index in [2.05, 4.69) is 42.2 Å². The zero-order valence-corrected chi connectivity index (χ0v) is 56.5. The quantitative estimate of drug-likeness (QED) is 0.0174. The van der Waals surface area contributed by atoms with Gasteiger partial charge in [-0.2, -0.15) is 11.8 Å². The number of carboxylic acid groups (broad SMARTS) is 4. The number of carboxylic acids is 4. The van der Waals surface area contributed by atoms with Gasteiger partial charge in [0.05, 0.1) is 25.3 Å². The Kier molecular flexibility index (Phi) is 35.1. The average Bonchev–Trinajstić information content (AvgIpc) is 1.76. The van der Waals surface area contributed by atoms with E-state index >= 15 is 0 Å². The van der Waals surface area contributed by atoms with E-state index in [1.807, 2.05) is 10.6 Å². The van der Waals surface area contributed by atoms with Crippen LogP contribution in [-0.2, 0) is 84.8 Å². The Bertz CT molecular complexity index is 3190. The summed E-state index contributed by atoms with van der Waals surface area (Å²) >= 11 is 1.24. The third-order valence-electron chi connectivity index (χ3n) is 15.8. The zero-order valence-electron chi connectivity index (χ0n) is 55.7. The standard InChI is InChI=1S/C63H93N15O20S/c1-6-33(4)51(77-52(87)37(64)27-35-16-18-36(79)19-17-35)61(96)78-24-11-15-46(78)60(95)70-39(22-25-99-5)54(89)74-43(29-48(81)82)58(93)76-45(31-50(85)86)59(94)75-44(30-49(83)84)57(92)73-42(28-34-12-8-7-9-13-34)56(91)69-38(20-21-47(65)80)53(88)72-41(26-32(2)3)55(90)71-40(62(97)98)14-10-23-68-63(66)67/h7-9,12-13,16-19,32-33,37-46,51,79H,6,10-11,14-15,20-31,64H2,1-5H3,(H2,65,80)(H,69,91)(H,70,95)(H,71,90)(H,72,88)(H,73,92)(H,74,89)(H,75,94)(H,76,93)(H,77,87)(H,81,82)(H,83,84)(H,85,86)(H,97,98)(H4,66,67,68)/t33-,37-,38-,39-,40-,41-,42-,43-,44-,45-,46-,51-/m0/s1. The fourth-order valence-corrected chi connectivity index (χ4v) is 10.8. The summed E-state index contributed by atoms with van der Waals surface area (Å²) < 4.78 is 0. The molecule has 1 saturated heterocycles. The van der Waals surface area contributed by atoms with E-state index in [-0.39, 0.29) is 75.0 Å². The number of carbonyl (C=O) groups is 15. The van der Waals surface area contributed by atoms with E-state index in [4.69, 9.17) is 22.9 Å². The summed E-state index contributed by atoms with van der Waals surface area (Å²) in [4.78, 5) is 207. The van der Waals surface area contributed by atoms with E-state index < -0.39 is 200 Å². The number of hydrogen-bond acceptors (Lipinski definition) is 19. The number of phenolic OH excluding ortho intramolecular Hbond substituents is 1. The highest BCUT2D eigenvalue weighted by Gasteiger charge is 2.42. The summed E-state index contributed by atoms with van der Waals surface area (Å²) in [5, 5.41) is 70.6. The normalized spacial score (nSPS) is 15.9. The Balaban J connectivity index is 1.90. The van der Waals surface area contributed by atoms with Crippen LogP contribution >= 0.6 is 11.8 Å². The van der Waals surface area contributed by atoms with Gasteiger partial charge in [-0.15, -0.1) is 0 Å². The first-order valence-electron chi connectivity index (χ1n) is 32.0. The van der Waals surface area contributed by atoms with Crippen LogP contribution in [0.2, 0.25) is 0 Å². The van der Waals surface area contributed by atoms with Crippen molar-refractivity contribution in [2.24, 2.45) is 39.8 Å². The molecule has 0 aromatic heterocycles. The van der Waals surface area contributed by atoms with Gasteiger partial charge < -0.3 is 101 Å². The number of rotatable bonds is 44. The predicted molar refractivity (Wildman–Crippen MR) is 357 cm³/mol. The number of carbonyl (C=O) groups excluding carboxylic acids is 11. The first-order chi connectivity index (χ1) is 46.6. The second-order valence-corrected chi connectivity index (χ2v) is 25.2. The molecule has 11 amide bonds. The van der Waals surface area contributed by atoms with Crippen molar-refractivity contribution in [1.82, 2.24) is 52.8 Å². The van der Waals surface area contributed by atoms with Crippen LogP contribution in [0.15, 0.2) is 59.6 Å². The number of aromatic hydroxyl groups is 1. The Labute approximate surface area is 575 Å². The highest BCUT2D eigenvalue weighted by atomic mass is 32.2. The minimum atomic E-state index is -2.26. The Morgan fingerprint density at radius 3 is 1.52 bits per heavy atom. The molecule has 1 aliphatic rings. The number of aliphatic imine (C=N–C) groups is 1. The van der Waals surface area contributed by atoms with E-state index in [1.54, 1.807) is 64.3 Å². The molecule has 2 aromatic carbocycles. The number of guanidine groups is 1. The van der Waals surface area contributed by atoms with Crippen LogP contribution in [0.3, 0.4) is 0 Å². The molecular weight excluding hydrogens is 1320 g/mol. The minimum absolute atomic E-state index is 0.00590. The highest BCUT2D eigenvalue weighted by Crippen LogP contribution is 2.23. The van der Waals surface area contributed by atoms with Gasteiger partial charge in [-0.05, 0) is 98.5 Å². The first kappa shape index (κ1) is 83.1. The van der Waals surface area contributed by atoms with Gasteiger partial charge in [-0.1, -0.05) is 76.6 Å². The molecule has 0 aliphatic carbocycles. The van der Waals surface area contributed by atoms with E-state index in [0.29, 0.717) is 24.0 Å². The molecule has 2 aromatic rings. The van der Waals surface area contributed by atoms with Gasteiger partial charge in [0, 0.05) is 25.9 Å². The molecule has 99 heavy (non-hydrogen) atoms. The largest absolute Gasteiger partial charge is 0.508 e. The number of thioether (sulfide) groups is 1. The number of aliphatic carboxylic acids is 4. The van der Waals surface area contributed by atoms with Crippen molar-refractivity contribution in [2.75, 3.05) is 25.1 Å². The second-order valence-electron chi connectivity index (χ2n) is 24.2. The summed E-state index contributed by atoms with van der Waals surface area (Å²) in [6, 6.07) is -4.17. The summed E-state index contributed by atoms with van der Waals surface area (Å²) in [5.74, 6) is -19.2. The van der Waals surface area contributed by atoms with Crippen LogP contribution in [0.25, 0.3) is 0 Å². The van der Waals surface area contributed by atoms with Crippen molar-refractivity contribution in [3.05, 3.63) is 65.7 Å². The molecule has 1 heterocycles. The van der Waals surface area contributed by atoms with E-state index in [1.165, 1.54) is 40.9 Å². The molecule has 36 heteroatoms. The fourth-order valence-electron chi connectivity index (χ4n) is 10.3. The number of nitrogens with zero attached hydrogens (tertiary/aromatic N) is 2. The smallest absolute Gasteiger partial charge is 0.326 e. The van der Waals surface area contributed by atoms with Crippen LogP contribution in [0.1, 0.15) is 116 Å². The van der Waals surface area contributed by atoms with Crippen molar-refractivity contribution in [2.45, 2.75) is 184 Å². The summed E-state index contributed by atoms with van der Waals surface area (Å²) in [6.45, 7) is 6.99. The Morgan fingerprint density at radius 2 is 1.03 bits per heavy atom. The van der Waals surface area contributed by atoms with Crippen LogP contribution in [0.4, 0.5) is 0 Å². The maximum Gasteiger partial charge on any atom is 0.326 e. The zero-order chi connectivity index (χ0) is 74.2. The van der Waals surface area contributed by atoms with Crippen molar-refractivity contribution in [3.8, 4) is 5.75 Å². The van der Waals surface area contributed by atoms with Gasteiger partial charge in [0.1, 0.15) is 66.2 Å². The maximum atomic E-state index is 14.4. The lowest BCUT2D eigenvalue weighted by Crippen LogP contribution is -2.61. The number of nitrogens with two attached hydrogens (primary N) is 4. The van der Waals surface area contributed by atoms with Crippen LogP contribution in [-0.4, -0.2) is 217 Å². The molecule has 0 radical (unpaired) electrons. The van der Waals surface area contributed by atoms with Crippen LogP contribution in [0, 0.1) is 11.8 Å². The lowest BCUT2D eigenvalue weighted by atomic mass is 9.96. The number of phenols is 1. The average molecular weight is 1410 g/mol. The number of primary amides is 1. The molecule has 0 saturated carbocycles. The van der Waals surface area contributed by atoms with Gasteiger partial charge in [0.15, 0.2) is 5.96 Å². The van der Waals surface area contributed by atoms with Gasteiger partial charge in [0.25, 0.3) is 0 Å². The third kappa shape index (κ3) is 29.6. The second kappa shape index (κ2) is 41.9. The molecule has 0 unspecified atom stereocenters. The SMILES string of the molecule is CC[C@H](C)[C@H](NC(=O)[C@@H](N)Cc1ccc(O)cc1)C(=O)N1CCC[C@H]1C(=O)N[C@@H](CCSC)C(=O)N[C@@H](CC(=O)O)C(=O)N[C@@H](CC(=O)O)C(=O)N[C@@H](CC(=O)O)C(=O)N[C@@H](Cc1ccccc1)C(=O)N[C@@H](CCC(N)=O)C(=O)N[C@@H](CC(C)C)C(=O)N[C@@H](CCCN=C(N)N)C(=O)O. The summed E-state index contributed by atoms with van der Waals surface area (Å²) in [7, 11) is 0. The summed E-state index contributed by atoms with van der Waals surface area (Å²) in [6.07, 6.45) is -2.87. The lowest BCUT2D eigenvalue weighted by molar-refractivity contribution is -0.144. The fraction of sp³-hybridized carbons (Fsp3) is 0.556. The molecule has 3 rings (SSSR count). The van der Waals surface area contributed by atoms with Crippen molar-refractivity contribution in [1.29, 1.82) is 0 Å². The number of amides is 11. The Morgan fingerprint density at radius 1 is 0.566 bits per heavy atom. The number of likely N-dealkylation sites (tertiary alicyclic amines) is 1. The van der Waals surface area contributed by atoms with Gasteiger partial charge in [0.2, 0.25) is 65.0 Å². The number of nitrogens with one attached hydrogen (secondary N) is 9. The van der Waals surface area contributed by atoms with Gasteiger partial charge >= 0.3 is 23.9 Å². The van der Waals surface area contributed by atoms with E-state index in [0.717, 1.165) is 0 Å². The van der Waals surface area contributed by atoms with Crippen molar-refractivity contribution in [3.63, 3.8) is 0 Å². The lowest BCUT2D eigenvalue weighted by Gasteiger charge is -2.32. The van der Waals surface area contributed by atoms with Crippen LogP contribution < -0.4 is 70.8 Å². The molecule has 0 spiro atoms. The maximum absolute atomic E-state index is 14.4. The van der Waals surface area contributed by atoms with Crippen molar-refractivity contribution < 1.29 is 97.5 Å². The predicted octanol–water partition coefficient (Wildman–Crippen LogP) is -3.47.